The van der Waals surface area contributed by atoms with Crippen LogP contribution in [0.3, 0.4) is 0 Å². The van der Waals surface area contributed by atoms with E-state index in [1.165, 1.54) is 6.07 Å². The van der Waals surface area contributed by atoms with E-state index >= 15 is 0 Å². The van der Waals surface area contributed by atoms with Gasteiger partial charge in [0.05, 0.1) is 6.61 Å². The highest BCUT2D eigenvalue weighted by Crippen LogP contribution is 2.21. The molecule has 0 aliphatic heterocycles. The zero-order chi connectivity index (χ0) is 15.9. The predicted molar refractivity (Wildman–Crippen MR) is 88.2 cm³/mol. The predicted octanol–water partition coefficient (Wildman–Crippen LogP) is 4.84. The Morgan fingerprint density at radius 2 is 1.82 bits per heavy atom. The number of hydrogen-bond acceptors (Lipinski definition) is 3. The van der Waals surface area contributed by atoms with Crippen molar-refractivity contribution in [2.45, 2.75) is 18.7 Å². The summed E-state index contributed by atoms with van der Waals surface area (Å²) in [5.74, 6) is 0.809. The molecule has 4 heteroatoms. The van der Waals surface area contributed by atoms with Gasteiger partial charge in [-0.3, -0.25) is 4.79 Å². The number of benzene rings is 2. The molecule has 2 aromatic rings. The Labute approximate surface area is 134 Å². The summed E-state index contributed by atoms with van der Waals surface area (Å²) in [6, 6.07) is 13.9. The third kappa shape index (κ3) is 4.60. The minimum Gasteiger partial charge on any atom is -0.490 e. The number of hydrogen-bond donors (Lipinski definition) is 0. The molecule has 0 aliphatic rings. The zero-order valence-corrected chi connectivity index (χ0v) is 13.5. The lowest BCUT2D eigenvalue weighted by Crippen LogP contribution is -2.06. The highest BCUT2D eigenvalue weighted by molar-refractivity contribution is 7.99. The number of ketones is 1. The number of Topliss-reactive ketones (excluding diaryl/α,β-unsaturated/α-hetero) is 1. The van der Waals surface area contributed by atoms with Crippen LogP contribution in [-0.4, -0.2) is 18.1 Å². The molecule has 0 saturated heterocycles. The van der Waals surface area contributed by atoms with E-state index in [9.17, 15) is 9.18 Å². The van der Waals surface area contributed by atoms with Crippen LogP contribution in [0.2, 0.25) is 0 Å². The van der Waals surface area contributed by atoms with Crippen LogP contribution in [0.15, 0.2) is 53.4 Å². The average molecular weight is 318 g/mol. The number of halogens is 1. The molecule has 116 valence electrons. The van der Waals surface area contributed by atoms with Crippen molar-refractivity contribution >= 4 is 17.5 Å². The van der Waals surface area contributed by atoms with Gasteiger partial charge in [-0.1, -0.05) is 38.1 Å². The normalized spacial score (nSPS) is 10.7. The van der Waals surface area contributed by atoms with Crippen LogP contribution in [0.25, 0.3) is 0 Å². The first-order valence-corrected chi connectivity index (χ1v) is 8.21. The Balaban J connectivity index is 1.80. The maximum Gasteiger partial charge on any atom is 0.165 e. The Morgan fingerprint density at radius 3 is 2.45 bits per heavy atom. The molecule has 0 aromatic heterocycles. The molecule has 0 fully saturated rings. The highest BCUT2D eigenvalue weighted by atomic mass is 32.2. The first kappa shape index (κ1) is 16.6. The van der Waals surface area contributed by atoms with Crippen molar-refractivity contribution in [1.82, 2.24) is 0 Å². The molecule has 2 rings (SSSR count). The molecule has 0 saturated carbocycles. The fraction of sp³-hybridized carbons (Fsp3) is 0.278. The van der Waals surface area contributed by atoms with Gasteiger partial charge in [-0.25, -0.2) is 4.39 Å². The van der Waals surface area contributed by atoms with Gasteiger partial charge in [0, 0.05) is 22.1 Å². The first-order chi connectivity index (χ1) is 10.6. The Morgan fingerprint density at radius 1 is 1.14 bits per heavy atom. The van der Waals surface area contributed by atoms with Gasteiger partial charge in [0.15, 0.2) is 17.3 Å². The molecule has 0 aliphatic carbocycles. The summed E-state index contributed by atoms with van der Waals surface area (Å²) in [7, 11) is 0. The molecule has 0 radical (unpaired) electrons. The second-order valence-electron chi connectivity index (χ2n) is 5.17. The van der Waals surface area contributed by atoms with Gasteiger partial charge < -0.3 is 4.74 Å². The van der Waals surface area contributed by atoms with E-state index in [1.54, 1.807) is 30.0 Å². The van der Waals surface area contributed by atoms with Crippen molar-refractivity contribution in [2.75, 3.05) is 12.4 Å². The fourth-order valence-corrected chi connectivity index (χ4v) is 2.65. The van der Waals surface area contributed by atoms with E-state index < -0.39 is 0 Å². The van der Waals surface area contributed by atoms with Crippen molar-refractivity contribution in [2.24, 2.45) is 5.92 Å². The lowest BCUT2D eigenvalue weighted by atomic mass is 10.0. The van der Waals surface area contributed by atoms with Crippen molar-refractivity contribution in [3.8, 4) is 5.75 Å². The number of ether oxygens (including phenoxy) is 1. The zero-order valence-electron chi connectivity index (χ0n) is 12.7. The maximum absolute atomic E-state index is 13.4. The van der Waals surface area contributed by atoms with Crippen LogP contribution < -0.4 is 4.74 Å². The number of para-hydroxylation sites is 1. The molecule has 0 N–H and O–H groups in total. The van der Waals surface area contributed by atoms with E-state index in [2.05, 4.69) is 0 Å². The van der Waals surface area contributed by atoms with Crippen molar-refractivity contribution < 1.29 is 13.9 Å². The van der Waals surface area contributed by atoms with Gasteiger partial charge in [-0.05, 0) is 24.3 Å². The van der Waals surface area contributed by atoms with Crippen LogP contribution in [0.5, 0.6) is 5.75 Å². The van der Waals surface area contributed by atoms with Crippen molar-refractivity contribution in [1.29, 1.82) is 0 Å². The van der Waals surface area contributed by atoms with E-state index in [-0.39, 0.29) is 23.3 Å². The Bertz CT molecular complexity index is 623. The molecular formula is C18H19FO2S. The van der Waals surface area contributed by atoms with Crippen LogP contribution in [-0.2, 0) is 0 Å². The van der Waals surface area contributed by atoms with Crippen molar-refractivity contribution in [3.05, 3.63) is 59.9 Å². The molecule has 0 heterocycles. The largest absolute Gasteiger partial charge is 0.490 e. The Kier molecular flexibility index (Phi) is 6.01. The minimum absolute atomic E-state index is 0.00710. The van der Waals surface area contributed by atoms with Gasteiger partial charge in [-0.15, -0.1) is 11.8 Å². The van der Waals surface area contributed by atoms with E-state index in [0.29, 0.717) is 12.4 Å². The van der Waals surface area contributed by atoms with Crippen LogP contribution in [0.4, 0.5) is 4.39 Å². The molecule has 22 heavy (non-hydrogen) atoms. The van der Waals surface area contributed by atoms with Gasteiger partial charge >= 0.3 is 0 Å². The Hall–Kier alpha value is -1.81. The summed E-state index contributed by atoms with van der Waals surface area (Å²) in [5.41, 5.74) is 0.738. The lowest BCUT2D eigenvalue weighted by molar-refractivity contribution is 0.0939. The molecule has 0 unspecified atom stereocenters. The molecule has 0 spiro atoms. The second-order valence-corrected chi connectivity index (χ2v) is 6.34. The summed E-state index contributed by atoms with van der Waals surface area (Å²) in [6.45, 7) is 4.22. The highest BCUT2D eigenvalue weighted by Gasteiger charge is 2.09. The molecule has 2 aromatic carbocycles. The standard InChI is InChI=1S/C18H19FO2S/c1-13(2)18(20)14-7-9-15(10-8-14)22-12-11-21-17-6-4-3-5-16(17)19/h3-10,13H,11-12H2,1-2H3. The van der Waals surface area contributed by atoms with Crippen molar-refractivity contribution in [3.63, 3.8) is 0 Å². The summed E-state index contributed by atoms with van der Waals surface area (Å²) in [4.78, 5) is 12.9. The summed E-state index contributed by atoms with van der Waals surface area (Å²) < 4.78 is 18.8. The monoisotopic (exact) mass is 318 g/mol. The minimum atomic E-state index is -0.343. The molecule has 0 amide bonds. The van der Waals surface area contributed by atoms with Gasteiger partial charge in [0.25, 0.3) is 0 Å². The third-order valence-corrected chi connectivity index (χ3v) is 4.09. The van der Waals surface area contributed by atoms with E-state index in [1.807, 2.05) is 38.1 Å². The van der Waals surface area contributed by atoms with Gasteiger partial charge in [-0.2, -0.15) is 0 Å². The van der Waals surface area contributed by atoms with Crippen LogP contribution >= 0.6 is 11.8 Å². The smallest absolute Gasteiger partial charge is 0.165 e. The number of carbonyl (C=O) groups excluding carboxylic acids is 1. The SMILES string of the molecule is CC(C)C(=O)c1ccc(SCCOc2ccccc2F)cc1. The van der Waals surface area contributed by atoms with E-state index in [4.69, 9.17) is 4.74 Å². The number of rotatable bonds is 7. The number of thioether (sulfide) groups is 1. The molecule has 0 bridgehead atoms. The molecular weight excluding hydrogens is 299 g/mol. The van der Waals surface area contributed by atoms with E-state index in [0.717, 1.165) is 10.5 Å². The van der Waals surface area contributed by atoms with Gasteiger partial charge in [0.2, 0.25) is 0 Å². The lowest BCUT2D eigenvalue weighted by Gasteiger charge is -2.08. The summed E-state index contributed by atoms with van der Waals surface area (Å²) in [6.07, 6.45) is 0. The van der Waals surface area contributed by atoms with Crippen LogP contribution in [0.1, 0.15) is 24.2 Å². The molecule has 2 nitrogen and oxygen atoms in total. The number of carbonyl (C=O) groups is 1. The first-order valence-electron chi connectivity index (χ1n) is 7.22. The maximum atomic E-state index is 13.4. The quantitative estimate of drug-likeness (QED) is 0.415. The van der Waals surface area contributed by atoms with Gasteiger partial charge in [0.1, 0.15) is 0 Å². The fourth-order valence-electron chi connectivity index (χ4n) is 1.92. The second kappa shape index (κ2) is 7.99. The summed E-state index contributed by atoms with van der Waals surface area (Å²) in [5, 5.41) is 0. The molecule has 0 atom stereocenters. The average Bonchev–Trinajstić information content (AvgIpc) is 2.53. The topological polar surface area (TPSA) is 26.3 Å². The third-order valence-electron chi connectivity index (χ3n) is 3.11. The van der Waals surface area contributed by atoms with Crippen LogP contribution in [0, 0.1) is 11.7 Å². The summed E-state index contributed by atoms with van der Waals surface area (Å²) >= 11 is 1.62.